The number of halogens is 1. The fourth-order valence-electron chi connectivity index (χ4n) is 5.79. The highest BCUT2D eigenvalue weighted by molar-refractivity contribution is 5.99. The van der Waals surface area contributed by atoms with Crippen LogP contribution in [0.5, 0.6) is 5.75 Å². The number of fused-ring (bicyclic) bond motifs is 1. The molecule has 0 radical (unpaired) electrons. The number of guanidine groups is 1. The quantitative estimate of drug-likeness (QED) is 0.446. The van der Waals surface area contributed by atoms with Crippen LogP contribution in [0.25, 0.3) is 0 Å². The number of aliphatic hydroxyl groups is 1. The van der Waals surface area contributed by atoms with E-state index >= 15 is 0 Å². The number of nitrogens with zero attached hydrogens (tertiary/aromatic N) is 2. The third-order valence-corrected chi connectivity index (χ3v) is 8.84. The molecule has 0 bridgehead atoms. The third kappa shape index (κ3) is 4.64. The standard InChI is InChI=1S/C29H36FN5O4/c1-6-28(4)13-22(36)35(26(31)34-28)23(16-11-17(30)15-32-14-16)19-12-20(19)25(37)33-24-18-9-7-8-10-21(18)39-27(2,3)29(24,5)38/h7-11,14-15,19-20,23-24,38H,6,12-13H2,1-5H3,(H2,31,34)(H,33,37)/t19-,20-,23?,24?,28-,29?/m1/s1. The second kappa shape index (κ2) is 9.29. The molecule has 2 fully saturated rings. The second-order valence-corrected chi connectivity index (χ2v) is 12.0. The Labute approximate surface area is 227 Å². The lowest BCUT2D eigenvalue weighted by atomic mass is 9.75. The fourth-order valence-corrected chi connectivity index (χ4v) is 5.79. The molecule has 3 unspecified atom stereocenters. The highest BCUT2D eigenvalue weighted by atomic mass is 19.1. The van der Waals surface area contributed by atoms with Gasteiger partial charge >= 0.3 is 0 Å². The number of carbonyl (C=O) groups excluding carboxylic acids is 2. The van der Waals surface area contributed by atoms with Crippen molar-refractivity contribution in [3.8, 4) is 5.75 Å². The first-order valence-electron chi connectivity index (χ1n) is 13.4. The Bertz CT molecular complexity index is 1310. The van der Waals surface area contributed by atoms with Crippen LogP contribution in [0.15, 0.2) is 42.7 Å². The van der Waals surface area contributed by atoms with Crippen LogP contribution in [-0.2, 0) is 9.59 Å². The van der Waals surface area contributed by atoms with E-state index in [-0.39, 0.29) is 30.1 Å². The first kappa shape index (κ1) is 27.1. The summed E-state index contributed by atoms with van der Waals surface area (Å²) in [4.78, 5) is 32.4. The number of hydrogen-bond acceptors (Lipinski definition) is 6. The number of ether oxygens (including phenoxy) is 1. The van der Waals surface area contributed by atoms with E-state index in [4.69, 9.17) is 10.1 Å². The molecule has 0 spiro atoms. The van der Waals surface area contributed by atoms with E-state index in [1.807, 2.05) is 38.1 Å². The number of amides is 2. The number of para-hydroxylation sites is 1. The first-order chi connectivity index (χ1) is 18.3. The molecule has 2 aliphatic heterocycles. The topological polar surface area (TPSA) is 128 Å². The Balaban J connectivity index is 1.43. The van der Waals surface area contributed by atoms with Gasteiger partial charge in [0, 0.05) is 23.2 Å². The minimum absolute atomic E-state index is 0.0704. The molecule has 6 atom stereocenters. The number of rotatable bonds is 6. The first-order valence-corrected chi connectivity index (χ1v) is 13.4. The predicted octanol–water partition coefficient (Wildman–Crippen LogP) is 3.60. The van der Waals surface area contributed by atoms with Gasteiger partial charge in [-0.15, -0.1) is 0 Å². The smallest absolute Gasteiger partial charge is 0.232 e. The molecular formula is C29H36FN5O4. The van der Waals surface area contributed by atoms with Gasteiger partial charge in [-0.25, -0.2) is 4.39 Å². The third-order valence-electron chi connectivity index (χ3n) is 8.84. The van der Waals surface area contributed by atoms with Crippen LogP contribution in [0.3, 0.4) is 0 Å². The zero-order chi connectivity index (χ0) is 28.3. The molecule has 208 valence electrons. The fraction of sp³-hybridized carbons (Fsp3) is 0.517. The summed E-state index contributed by atoms with van der Waals surface area (Å²) in [5, 5.41) is 26.4. The normalized spacial score (nSPS) is 32.0. The number of nitrogens with one attached hydrogen (secondary N) is 3. The number of benzene rings is 1. The Kier molecular flexibility index (Phi) is 6.44. The molecular weight excluding hydrogens is 501 g/mol. The molecule has 1 aromatic heterocycles. The lowest BCUT2D eigenvalue weighted by Crippen LogP contribution is -2.62. The lowest BCUT2D eigenvalue weighted by molar-refractivity contribution is -0.148. The van der Waals surface area contributed by atoms with Gasteiger partial charge < -0.3 is 20.5 Å². The predicted molar refractivity (Wildman–Crippen MR) is 142 cm³/mol. The van der Waals surface area contributed by atoms with Crippen molar-refractivity contribution >= 4 is 17.8 Å². The molecule has 2 amide bonds. The molecule has 9 nitrogen and oxygen atoms in total. The van der Waals surface area contributed by atoms with Crippen molar-refractivity contribution in [1.82, 2.24) is 20.5 Å². The summed E-state index contributed by atoms with van der Waals surface area (Å²) < 4.78 is 20.3. The van der Waals surface area contributed by atoms with Crippen LogP contribution in [-0.4, -0.2) is 49.5 Å². The van der Waals surface area contributed by atoms with Crippen molar-refractivity contribution in [1.29, 1.82) is 5.41 Å². The summed E-state index contributed by atoms with van der Waals surface area (Å²) in [5.41, 5.74) is -1.85. The summed E-state index contributed by atoms with van der Waals surface area (Å²) in [6.07, 6.45) is 3.83. The minimum atomic E-state index is -1.42. The number of carbonyl (C=O) groups is 2. The Hall–Kier alpha value is -3.53. The summed E-state index contributed by atoms with van der Waals surface area (Å²) in [7, 11) is 0. The van der Waals surface area contributed by atoms with Crippen LogP contribution in [0, 0.1) is 23.1 Å². The van der Waals surface area contributed by atoms with Gasteiger partial charge in [0.25, 0.3) is 0 Å². The van der Waals surface area contributed by atoms with E-state index < -0.39 is 40.6 Å². The molecule has 2 aromatic rings. The molecule has 1 aromatic carbocycles. The highest BCUT2D eigenvalue weighted by Crippen LogP contribution is 2.52. The average molecular weight is 538 g/mol. The van der Waals surface area contributed by atoms with Crippen LogP contribution in [0.1, 0.15) is 77.1 Å². The lowest BCUT2D eigenvalue weighted by Gasteiger charge is -2.49. The van der Waals surface area contributed by atoms with Gasteiger partial charge in [0.1, 0.15) is 22.8 Å². The largest absolute Gasteiger partial charge is 0.484 e. The van der Waals surface area contributed by atoms with E-state index in [2.05, 4.69) is 15.6 Å². The number of aromatic nitrogens is 1. The average Bonchev–Trinajstić information content (AvgIpc) is 3.64. The zero-order valence-electron chi connectivity index (χ0n) is 22.9. The highest BCUT2D eigenvalue weighted by Gasteiger charge is 2.57. The SMILES string of the molecule is CC[C@]1(C)CC(=O)N(C(c2cncc(F)c2)[C@@H]2C[C@H]2C(=O)NC2c3ccccc3OC(C)(C)C2(C)O)C(=N)N1. The zero-order valence-corrected chi connectivity index (χ0v) is 22.9. The van der Waals surface area contributed by atoms with E-state index in [1.165, 1.54) is 17.2 Å². The van der Waals surface area contributed by atoms with Crippen molar-refractivity contribution in [3.05, 3.63) is 59.7 Å². The van der Waals surface area contributed by atoms with Crippen molar-refractivity contribution < 1.29 is 23.8 Å². The summed E-state index contributed by atoms with van der Waals surface area (Å²) in [5.74, 6) is -1.45. The van der Waals surface area contributed by atoms with Crippen molar-refractivity contribution in [2.45, 2.75) is 82.7 Å². The van der Waals surface area contributed by atoms with E-state index in [1.54, 1.807) is 20.8 Å². The molecule has 3 aliphatic rings. The summed E-state index contributed by atoms with van der Waals surface area (Å²) in [6, 6.07) is 7.13. The van der Waals surface area contributed by atoms with Gasteiger partial charge in [-0.3, -0.25) is 24.9 Å². The summed E-state index contributed by atoms with van der Waals surface area (Å²) >= 11 is 0. The molecule has 1 saturated heterocycles. The number of hydrogen-bond donors (Lipinski definition) is 4. The Morgan fingerprint density at radius 3 is 2.69 bits per heavy atom. The molecule has 39 heavy (non-hydrogen) atoms. The maximum absolute atomic E-state index is 14.3. The molecule has 1 saturated carbocycles. The van der Waals surface area contributed by atoms with Crippen LogP contribution < -0.4 is 15.4 Å². The van der Waals surface area contributed by atoms with Gasteiger partial charge in [0.05, 0.1) is 24.7 Å². The van der Waals surface area contributed by atoms with Crippen LogP contribution >= 0.6 is 0 Å². The molecule has 1 aliphatic carbocycles. The minimum Gasteiger partial charge on any atom is -0.484 e. The van der Waals surface area contributed by atoms with Gasteiger partial charge in [0.15, 0.2) is 5.96 Å². The molecule has 4 N–H and O–H groups in total. The van der Waals surface area contributed by atoms with E-state index in [0.29, 0.717) is 29.7 Å². The van der Waals surface area contributed by atoms with Gasteiger partial charge in [-0.05, 0) is 64.2 Å². The van der Waals surface area contributed by atoms with E-state index in [9.17, 15) is 19.1 Å². The summed E-state index contributed by atoms with van der Waals surface area (Å²) in [6.45, 7) is 9.04. The van der Waals surface area contributed by atoms with Crippen molar-refractivity contribution in [3.63, 3.8) is 0 Å². The van der Waals surface area contributed by atoms with Crippen LogP contribution in [0.2, 0.25) is 0 Å². The molecule has 3 heterocycles. The second-order valence-electron chi connectivity index (χ2n) is 12.0. The molecule has 5 rings (SSSR count). The van der Waals surface area contributed by atoms with Crippen molar-refractivity contribution in [2.75, 3.05) is 0 Å². The van der Waals surface area contributed by atoms with Crippen LogP contribution in [0.4, 0.5) is 4.39 Å². The Morgan fingerprint density at radius 1 is 1.31 bits per heavy atom. The van der Waals surface area contributed by atoms with Gasteiger partial charge in [-0.2, -0.15) is 0 Å². The Morgan fingerprint density at radius 2 is 2.03 bits per heavy atom. The molecule has 10 heteroatoms. The maximum atomic E-state index is 14.3. The van der Waals surface area contributed by atoms with E-state index in [0.717, 1.165) is 6.20 Å². The van der Waals surface area contributed by atoms with Crippen molar-refractivity contribution in [2.24, 2.45) is 11.8 Å². The van der Waals surface area contributed by atoms with Gasteiger partial charge in [-0.1, -0.05) is 25.1 Å². The monoisotopic (exact) mass is 537 g/mol. The maximum Gasteiger partial charge on any atom is 0.232 e. The number of pyridine rings is 1. The van der Waals surface area contributed by atoms with Gasteiger partial charge in [0.2, 0.25) is 11.8 Å².